The highest BCUT2D eigenvalue weighted by atomic mass is 32.2. The normalized spacial score (nSPS) is 12.1. The van der Waals surface area contributed by atoms with Gasteiger partial charge in [0.15, 0.2) is 9.84 Å². The van der Waals surface area contributed by atoms with Crippen LogP contribution in [0.25, 0.3) is 0 Å². The van der Waals surface area contributed by atoms with Crippen LogP contribution in [0.15, 0.2) is 89.8 Å². The molecule has 3 N–H and O–H groups in total. The Hall–Kier alpha value is -3.45. The Balaban J connectivity index is 1.74. The van der Waals surface area contributed by atoms with E-state index in [2.05, 4.69) is 5.32 Å². The van der Waals surface area contributed by atoms with Crippen molar-refractivity contribution in [3.63, 3.8) is 0 Å². The summed E-state index contributed by atoms with van der Waals surface area (Å²) in [6, 6.07) is 22.8. The van der Waals surface area contributed by atoms with Gasteiger partial charge in [-0.3, -0.25) is 9.59 Å². The van der Waals surface area contributed by atoms with Crippen molar-refractivity contribution in [1.29, 1.82) is 0 Å². The van der Waals surface area contributed by atoms with E-state index >= 15 is 0 Å². The first-order valence-electron chi connectivity index (χ1n) is 9.36. The molecule has 0 aromatic heterocycles. The molecule has 0 saturated heterocycles. The van der Waals surface area contributed by atoms with Gasteiger partial charge in [-0.15, -0.1) is 0 Å². The summed E-state index contributed by atoms with van der Waals surface area (Å²) in [5.74, 6) is -1.37. The maximum atomic E-state index is 12.7. The molecule has 0 bridgehead atoms. The van der Waals surface area contributed by atoms with E-state index < -0.39 is 27.7 Å². The highest BCUT2D eigenvalue weighted by Crippen LogP contribution is 2.17. The zero-order valence-electron chi connectivity index (χ0n) is 16.2. The number of amides is 2. The van der Waals surface area contributed by atoms with E-state index in [0.717, 1.165) is 5.56 Å². The van der Waals surface area contributed by atoms with Crippen LogP contribution in [0.2, 0.25) is 0 Å². The smallest absolute Gasteiger partial charge is 0.251 e. The lowest BCUT2D eigenvalue weighted by Gasteiger charge is -2.16. The summed E-state index contributed by atoms with van der Waals surface area (Å²) in [6.07, 6.45) is 0.268. The Kier molecular flexibility index (Phi) is 6.64. The molecule has 154 valence electrons. The van der Waals surface area contributed by atoms with Crippen molar-refractivity contribution in [2.45, 2.75) is 23.1 Å². The number of sulfone groups is 1. The lowest BCUT2D eigenvalue weighted by molar-refractivity contribution is -0.119. The quantitative estimate of drug-likeness (QED) is 0.582. The second kappa shape index (κ2) is 9.37. The molecule has 6 nitrogen and oxygen atoms in total. The second-order valence-corrected chi connectivity index (χ2v) is 8.88. The van der Waals surface area contributed by atoms with E-state index in [4.69, 9.17) is 5.73 Å². The monoisotopic (exact) mass is 422 g/mol. The standard InChI is InChI=1S/C23H22N2O4S/c24-22(26)21(15-17-8-3-1-4-9-17)25-23(27)19-11-7-10-18(14-19)16-30(28,29)20-12-5-2-6-13-20/h1-14,21H,15-16H2,(H2,24,26)(H,25,27). The number of hydrogen-bond donors (Lipinski definition) is 2. The van der Waals surface area contributed by atoms with Crippen LogP contribution in [0.1, 0.15) is 21.5 Å². The first-order valence-corrected chi connectivity index (χ1v) is 11.0. The van der Waals surface area contributed by atoms with Gasteiger partial charge in [-0.25, -0.2) is 8.42 Å². The lowest BCUT2D eigenvalue weighted by Crippen LogP contribution is -2.45. The second-order valence-electron chi connectivity index (χ2n) is 6.89. The number of nitrogens with one attached hydrogen (secondary N) is 1. The van der Waals surface area contributed by atoms with Crippen LogP contribution >= 0.6 is 0 Å². The van der Waals surface area contributed by atoms with E-state index in [9.17, 15) is 18.0 Å². The molecule has 0 aliphatic heterocycles. The van der Waals surface area contributed by atoms with Crippen LogP contribution in [0.3, 0.4) is 0 Å². The molecule has 0 aliphatic carbocycles. The number of carbonyl (C=O) groups excluding carboxylic acids is 2. The molecule has 1 atom stereocenters. The minimum Gasteiger partial charge on any atom is -0.368 e. The summed E-state index contributed by atoms with van der Waals surface area (Å²) >= 11 is 0. The molecule has 2 amide bonds. The molecular formula is C23H22N2O4S. The van der Waals surface area contributed by atoms with E-state index in [0.29, 0.717) is 5.56 Å². The lowest BCUT2D eigenvalue weighted by atomic mass is 10.0. The average Bonchev–Trinajstić information content (AvgIpc) is 2.74. The van der Waals surface area contributed by atoms with Crippen molar-refractivity contribution >= 4 is 21.7 Å². The highest BCUT2D eigenvalue weighted by Gasteiger charge is 2.20. The average molecular weight is 423 g/mol. The van der Waals surface area contributed by atoms with Crippen molar-refractivity contribution in [2.24, 2.45) is 5.73 Å². The first-order chi connectivity index (χ1) is 14.3. The predicted molar refractivity (Wildman–Crippen MR) is 114 cm³/mol. The third kappa shape index (κ3) is 5.55. The molecule has 0 heterocycles. The molecule has 0 fully saturated rings. The maximum Gasteiger partial charge on any atom is 0.251 e. The number of carbonyl (C=O) groups is 2. The van der Waals surface area contributed by atoms with Gasteiger partial charge in [0.2, 0.25) is 5.91 Å². The largest absolute Gasteiger partial charge is 0.368 e. The van der Waals surface area contributed by atoms with Crippen LogP contribution < -0.4 is 11.1 Å². The minimum atomic E-state index is -3.54. The summed E-state index contributed by atoms with van der Waals surface area (Å²) in [5, 5.41) is 2.64. The summed E-state index contributed by atoms with van der Waals surface area (Å²) in [7, 11) is -3.54. The third-order valence-electron chi connectivity index (χ3n) is 4.58. The fraction of sp³-hybridized carbons (Fsp3) is 0.130. The van der Waals surface area contributed by atoms with Gasteiger partial charge in [0, 0.05) is 12.0 Å². The van der Waals surface area contributed by atoms with E-state index in [1.165, 1.54) is 18.2 Å². The zero-order valence-corrected chi connectivity index (χ0v) is 17.0. The topological polar surface area (TPSA) is 106 Å². The fourth-order valence-corrected chi connectivity index (χ4v) is 4.40. The third-order valence-corrected chi connectivity index (χ3v) is 6.28. The van der Waals surface area contributed by atoms with Crippen molar-refractivity contribution in [3.8, 4) is 0 Å². The number of nitrogens with two attached hydrogens (primary N) is 1. The van der Waals surface area contributed by atoms with Gasteiger partial charge >= 0.3 is 0 Å². The first kappa shape index (κ1) is 21.3. The molecule has 0 radical (unpaired) electrons. The Morgan fingerprint density at radius 2 is 1.43 bits per heavy atom. The molecule has 7 heteroatoms. The van der Waals surface area contributed by atoms with Gasteiger partial charge in [-0.1, -0.05) is 60.7 Å². The number of hydrogen-bond acceptors (Lipinski definition) is 4. The van der Waals surface area contributed by atoms with E-state index in [-0.39, 0.29) is 22.6 Å². The van der Waals surface area contributed by atoms with Crippen molar-refractivity contribution in [2.75, 3.05) is 0 Å². The van der Waals surface area contributed by atoms with Gasteiger partial charge in [0.05, 0.1) is 10.6 Å². The van der Waals surface area contributed by atoms with Crippen molar-refractivity contribution in [3.05, 3.63) is 102 Å². The Labute approximate surface area is 175 Å². The summed E-state index contributed by atoms with van der Waals surface area (Å²) in [4.78, 5) is 24.7. The fourth-order valence-electron chi connectivity index (χ4n) is 3.05. The molecule has 1 unspecified atom stereocenters. The summed E-state index contributed by atoms with van der Waals surface area (Å²) in [5.41, 5.74) is 7.06. The Morgan fingerprint density at radius 3 is 2.07 bits per heavy atom. The van der Waals surface area contributed by atoms with Crippen LogP contribution in [-0.4, -0.2) is 26.3 Å². The Morgan fingerprint density at radius 1 is 0.833 bits per heavy atom. The molecule has 30 heavy (non-hydrogen) atoms. The molecule has 3 aromatic carbocycles. The zero-order chi connectivity index (χ0) is 21.6. The number of primary amides is 1. The van der Waals surface area contributed by atoms with Gasteiger partial charge in [-0.2, -0.15) is 0 Å². The number of rotatable bonds is 8. The Bertz CT molecular complexity index is 1130. The molecule has 3 aromatic rings. The summed E-state index contributed by atoms with van der Waals surface area (Å²) in [6.45, 7) is 0. The molecular weight excluding hydrogens is 400 g/mol. The van der Waals surface area contributed by atoms with Crippen molar-refractivity contribution < 1.29 is 18.0 Å². The maximum absolute atomic E-state index is 12.7. The summed E-state index contributed by atoms with van der Waals surface area (Å²) < 4.78 is 25.2. The molecule has 0 aliphatic rings. The molecule has 3 rings (SSSR count). The van der Waals surface area contributed by atoms with Crippen LogP contribution in [0.5, 0.6) is 0 Å². The predicted octanol–water partition coefficient (Wildman–Crippen LogP) is 2.49. The van der Waals surface area contributed by atoms with Crippen LogP contribution in [0, 0.1) is 0 Å². The van der Waals surface area contributed by atoms with E-state index in [1.807, 2.05) is 30.3 Å². The molecule has 0 saturated carbocycles. The SMILES string of the molecule is NC(=O)C(Cc1ccccc1)NC(=O)c1cccc(CS(=O)(=O)c2ccccc2)c1. The van der Waals surface area contributed by atoms with Gasteiger partial charge < -0.3 is 11.1 Å². The van der Waals surface area contributed by atoms with E-state index in [1.54, 1.807) is 36.4 Å². The van der Waals surface area contributed by atoms with Gasteiger partial charge in [0.1, 0.15) is 6.04 Å². The van der Waals surface area contributed by atoms with Crippen LogP contribution in [0.4, 0.5) is 0 Å². The van der Waals surface area contributed by atoms with Gasteiger partial charge in [0.25, 0.3) is 5.91 Å². The van der Waals surface area contributed by atoms with Crippen LogP contribution in [-0.2, 0) is 26.8 Å². The van der Waals surface area contributed by atoms with Gasteiger partial charge in [-0.05, 0) is 35.4 Å². The number of benzene rings is 3. The minimum absolute atomic E-state index is 0.219. The molecule has 0 spiro atoms. The highest BCUT2D eigenvalue weighted by molar-refractivity contribution is 7.90. The van der Waals surface area contributed by atoms with Crippen molar-refractivity contribution in [1.82, 2.24) is 5.32 Å².